The molecule has 32 heavy (non-hydrogen) atoms. The first-order valence-electron chi connectivity index (χ1n) is 10.7. The molecule has 1 heterocycles. The summed E-state index contributed by atoms with van der Waals surface area (Å²) in [7, 11) is 3.70. The van der Waals surface area contributed by atoms with Crippen LogP contribution in [0.4, 0.5) is 5.69 Å². The van der Waals surface area contributed by atoms with Crippen LogP contribution in [0.15, 0.2) is 34.6 Å². The minimum atomic E-state index is -0.00575. The van der Waals surface area contributed by atoms with Crippen LogP contribution in [0.2, 0.25) is 0 Å². The van der Waals surface area contributed by atoms with Crippen molar-refractivity contribution in [1.82, 2.24) is 15.2 Å². The lowest BCUT2D eigenvalue weighted by atomic mass is 10.1. The van der Waals surface area contributed by atoms with Crippen LogP contribution in [0.1, 0.15) is 56.5 Å². The number of ether oxygens (including phenoxy) is 1. The van der Waals surface area contributed by atoms with Crippen molar-refractivity contribution >= 4 is 52.9 Å². The van der Waals surface area contributed by atoms with Crippen LogP contribution < -0.4 is 10.6 Å². The van der Waals surface area contributed by atoms with Gasteiger partial charge in [0.05, 0.1) is 18.8 Å². The Kier molecular flexibility index (Phi) is 12.8. The fraction of sp³-hybridized carbons (Fsp3) is 0.522. The van der Waals surface area contributed by atoms with E-state index in [1.165, 1.54) is 0 Å². The van der Waals surface area contributed by atoms with Gasteiger partial charge in [0.1, 0.15) is 11.1 Å². The van der Waals surface area contributed by atoms with E-state index in [2.05, 4.69) is 32.8 Å². The monoisotopic (exact) mass is 573 g/mol. The topological polar surface area (TPSA) is 78.9 Å². The minimum absolute atomic E-state index is 0. The van der Waals surface area contributed by atoms with Crippen molar-refractivity contribution in [2.75, 3.05) is 26.0 Å². The normalized spacial score (nSPS) is 13.1. The van der Waals surface area contributed by atoms with E-state index in [-0.39, 0.29) is 41.9 Å². The molecule has 2 atom stereocenters. The molecular weight excluding hydrogens is 537 g/mol. The van der Waals surface area contributed by atoms with Gasteiger partial charge < -0.3 is 20.3 Å². The number of nitrogens with one attached hydrogen (secondary N) is 2. The molecule has 178 valence electrons. The molecule has 2 rings (SSSR count). The summed E-state index contributed by atoms with van der Waals surface area (Å²) in [5, 5.41) is 9.37. The largest absolute Gasteiger partial charge is 0.375 e. The van der Waals surface area contributed by atoms with Crippen molar-refractivity contribution < 1.29 is 9.53 Å². The van der Waals surface area contributed by atoms with Gasteiger partial charge >= 0.3 is 0 Å². The highest BCUT2D eigenvalue weighted by Gasteiger charge is 2.13. The number of thiazole rings is 1. The number of carbonyl (C=O) groups excluding carboxylic acids is 1. The zero-order valence-electron chi connectivity index (χ0n) is 19.8. The van der Waals surface area contributed by atoms with Crippen molar-refractivity contribution in [2.45, 2.75) is 53.3 Å². The lowest BCUT2D eigenvalue weighted by Crippen LogP contribution is -2.38. The Labute approximate surface area is 213 Å². The third-order valence-electron chi connectivity index (χ3n) is 5.03. The molecule has 0 bridgehead atoms. The predicted molar refractivity (Wildman–Crippen MR) is 144 cm³/mol. The van der Waals surface area contributed by atoms with E-state index in [9.17, 15) is 4.79 Å². The molecule has 2 N–H and O–H groups in total. The molecule has 0 saturated carbocycles. The Bertz CT molecular complexity index is 874. The van der Waals surface area contributed by atoms with Crippen molar-refractivity contribution in [2.24, 2.45) is 10.9 Å². The average Bonchev–Trinajstić information content (AvgIpc) is 3.24. The number of hydrogen-bond donors (Lipinski definition) is 2. The fourth-order valence-electron chi connectivity index (χ4n) is 2.83. The highest BCUT2D eigenvalue weighted by atomic mass is 127. The van der Waals surface area contributed by atoms with E-state index in [1.54, 1.807) is 18.4 Å². The maximum atomic E-state index is 12.2. The van der Waals surface area contributed by atoms with Crippen molar-refractivity contribution in [3.8, 4) is 0 Å². The molecule has 1 amide bonds. The quantitative estimate of drug-likeness (QED) is 0.236. The van der Waals surface area contributed by atoms with Crippen LogP contribution in [0.25, 0.3) is 0 Å². The molecule has 0 aliphatic carbocycles. The summed E-state index contributed by atoms with van der Waals surface area (Å²) in [5.41, 5.74) is 2.83. The Hall–Kier alpha value is -1.72. The van der Waals surface area contributed by atoms with Gasteiger partial charge in [-0.3, -0.25) is 4.79 Å². The molecule has 0 spiro atoms. The second kappa shape index (κ2) is 14.4. The van der Waals surface area contributed by atoms with E-state index < -0.39 is 0 Å². The summed E-state index contributed by atoms with van der Waals surface area (Å²) in [6.07, 6.45) is 0.818. The zero-order chi connectivity index (χ0) is 22.8. The van der Waals surface area contributed by atoms with E-state index >= 15 is 0 Å². The third kappa shape index (κ3) is 8.67. The van der Waals surface area contributed by atoms with Crippen LogP contribution in [-0.4, -0.2) is 42.5 Å². The summed E-state index contributed by atoms with van der Waals surface area (Å²) in [6, 6.07) is 7.85. The summed E-state index contributed by atoms with van der Waals surface area (Å²) in [6.45, 7) is 9.94. The van der Waals surface area contributed by atoms with Crippen molar-refractivity contribution in [3.05, 3.63) is 45.9 Å². The van der Waals surface area contributed by atoms with Crippen LogP contribution in [0.3, 0.4) is 0 Å². The number of anilines is 1. The standard InChI is InChI=1S/C23H35N5O2S.HI/c1-7-16(3)21(29)26-19-11-9-10-18(12-19)13-25-23(24-8-2)28(5)14-20-15-31-22(27-20)17(4)30-6;/h9-12,15-17H,7-8,13-14H2,1-6H3,(H,24,25)(H,26,29);1H. The summed E-state index contributed by atoms with van der Waals surface area (Å²) in [4.78, 5) is 23.7. The van der Waals surface area contributed by atoms with E-state index in [1.807, 2.05) is 52.1 Å². The predicted octanol–water partition coefficient (Wildman–Crippen LogP) is 5.05. The lowest BCUT2D eigenvalue weighted by Gasteiger charge is -2.21. The summed E-state index contributed by atoms with van der Waals surface area (Å²) < 4.78 is 5.35. The number of amides is 1. The minimum Gasteiger partial charge on any atom is -0.375 e. The van der Waals surface area contributed by atoms with Gasteiger partial charge in [-0.25, -0.2) is 9.98 Å². The Morgan fingerprint density at radius 1 is 1.31 bits per heavy atom. The molecule has 7 nitrogen and oxygen atoms in total. The maximum Gasteiger partial charge on any atom is 0.227 e. The van der Waals surface area contributed by atoms with Gasteiger partial charge in [0.15, 0.2) is 5.96 Å². The van der Waals surface area contributed by atoms with Gasteiger partial charge in [0.25, 0.3) is 0 Å². The molecule has 1 aromatic heterocycles. The number of guanidine groups is 1. The smallest absolute Gasteiger partial charge is 0.227 e. The van der Waals surface area contributed by atoms with Gasteiger partial charge in [0, 0.05) is 37.7 Å². The second-order valence-corrected chi connectivity index (χ2v) is 8.47. The van der Waals surface area contributed by atoms with Crippen LogP contribution in [0, 0.1) is 5.92 Å². The number of methoxy groups -OCH3 is 1. The van der Waals surface area contributed by atoms with E-state index in [4.69, 9.17) is 9.73 Å². The SMILES string of the molecule is CCNC(=NCc1cccc(NC(=O)C(C)CC)c1)N(C)Cc1csc(C(C)OC)n1.I. The number of carbonyl (C=O) groups is 1. The number of hydrogen-bond acceptors (Lipinski definition) is 5. The Balaban J connectivity index is 0.00000512. The molecule has 0 radical (unpaired) electrons. The third-order valence-corrected chi connectivity index (χ3v) is 6.09. The highest BCUT2D eigenvalue weighted by Crippen LogP contribution is 2.21. The zero-order valence-corrected chi connectivity index (χ0v) is 23.0. The maximum absolute atomic E-state index is 12.2. The summed E-state index contributed by atoms with van der Waals surface area (Å²) in [5.74, 6) is 0.848. The number of rotatable bonds is 10. The van der Waals surface area contributed by atoms with E-state index in [0.29, 0.717) is 13.1 Å². The van der Waals surface area contributed by atoms with Crippen LogP contribution >= 0.6 is 35.3 Å². The molecule has 0 fully saturated rings. The first-order valence-corrected chi connectivity index (χ1v) is 11.6. The van der Waals surface area contributed by atoms with Gasteiger partial charge in [-0.1, -0.05) is 26.0 Å². The second-order valence-electron chi connectivity index (χ2n) is 7.58. The molecule has 0 aliphatic heterocycles. The molecule has 2 unspecified atom stereocenters. The lowest BCUT2D eigenvalue weighted by molar-refractivity contribution is -0.119. The Morgan fingerprint density at radius 3 is 2.72 bits per heavy atom. The van der Waals surface area contributed by atoms with E-state index in [0.717, 1.165) is 40.9 Å². The van der Waals surface area contributed by atoms with Gasteiger partial charge in [0.2, 0.25) is 5.91 Å². The van der Waals surface area contributed by atoms with Crippen molar-refractivity contribution in [1.29, 1.82) is 0 Å². The number of aliphatic imine (C=N–C) groups is 1. The molecule has 9 heteroatoms. The fourth-order valence-corrected chi connectivity index (χ4v) is 3.68. The Morgan fingerprint density at radius 2 is 2.06 bits per heavy atom. The molecule has 0 aliphatic rings. The van der Waals surface area contributed by atoms with Crippen LogP contribution in [-0.2, 0) is 22.6 Å². The molecule has 0 saturated heterocycles. The first-order chi connectivity index (χ1) is 14.9. The van der Waals surface area contributed by atoms with Crippen molar-refractivity contribution in [3.63, 3.8) is 0 Å². The number of aromatic nitrogens is 1. The molecule has 2 aromatic rings. The van der Waals surface area contributed by atoms with Crippen LogP contribution in [0.5, 0.6) is 0 Å². The number of nitrogens with zero attached hydrogens (tertiary/aromatic N) is 3. The van der Waals surface area contributed by atoms with Gasteiger partial charge in [-0.15, -0.1) is 35.3 Å². The number of halogens is 1. The first kappa shape index (κ1) is 28.3. The average molecular weight is 574 g/mol. The molecular formula is C23H36IN5O2S. The number of benzene rings is 1. The molecule has 1 aromatic carbocycles. The van der Waals surface area contributed by atoms with Gasteiger partial charge in [-0.2, -0.15) is 0 Å². The summed E-state index contributed by atoms with van der Waals surface area (Å²) >= 11 is 1.61. The van der Waals surface area contributed by atoms with Gasteiger partial charge in [-0.05, 0) is 38.0 Å². The highest BCUT2D eigenvalue weighted by molar-refractivity contribution is 14.0.